The maximum absolute atomic E-state index is 4.14. The number of hydrogen-bond acceptors (Lipinski definition) is 1. The van der Waals surface area contributed by atoms with Gasteiger partial charge in [0.05, 0.1) is 0 Å². The second-order valence-electron chi connectivity index (χ2n) is 2.79. The van der Waals surface area contributed by atoms with Gasteiger partial charge in [-0.2, -0.15) is 0 Å². The van der Waals surface area contributed by atoms with Crippen LogP contribution in [0.1, 0.15) is 11.1 Å². The van der Waals surface area contributed by atoms with E-state index in [0.717, 1.165) is 16.0 Å². The average Bonchev–Trinajstić information content (AvgIpc) is 2.03. The molecule has 0 atom stereocenters. The molecular weight excluding hydrogens is 164 g/mol. The van der Waals surface area contributed by atoms with Crippen molar-refractivity contribution in [3.63, 3.8) is 0 Å². The number of benzene rings is 1. The Morgan fingerprint density at radius 1 is 1.33 bits per heavy atom. The molecule has 0 fully saturated rings. The minimum absolute atomic E-state index is 0.723. The Hall–Kier alpha value is -0.950. The predicted octanol–water partition coefficient (Wildman–Crippen LogP) is 3.45. The first-order chi connectivity index (χ1) is 5.61. The minimum atomic E-state index is 0.723. The Kier molecular flexibility index (Phi) is 2.77. The molecule has 0 bridgehead atoms. The van der Waals surface area contributed by atoms with Gasteiger partial charge in [0.15, 0.2) is 0 Å². The fourth-order valence-electron chi connectivity index (χ4n) is 0.999. The Morgan fingerprint density at radius 3 is 2.50 bits per heavy atom. The van der Waals surface area contributed by atoms with Gasteiger partial charge in [0.2, 0.25) is 0 Å². The fourth-order valence-corrected chi connectivity index (χ4v) is 1.13. The summed E-state index contributed by atoms with van der Waals surface area (Å²) in [5.74, 6) is 0. The largest absolute Gasteiger partial charge is 0.143 e. The standard InChI is InChI=1S/C11H12S/c1-8-5-4-6-11(7-8)9(2)10(3)12/h4-7,12H,2-3H2,1H3. The molecule has 0 heterocycles. The Bertz CT molecular complexity index is 324. The molecule has 0 spiro atoms. The smallest absolute Gasteiger partial charge is 0.00406 e. The van der Waals surface area contributed by atoms with Crippen molar-refractivity contribution in [2.24, 2.45) is 0 Å². The van der Waals surface area contributed by atoms with E-state index in [0.29, 0.717) is 0 Å². The van der Waals surface area contributed by atoms with E-state index in [1.165, 1.54) is 5.56 Å². The molecule has 1 aromatic carbocycles. The average molecular weight is 176 g/mol. The maximum atomic E-state index is 4.14. The van der Waals surface area contributed by atoms with Gasteiger partial charge in [0.1, 0.15) is 0 Å². The van der Waals surface area contributed by atoms with Crippen molar-refractivity contribution in [3.8, 4) is 0 Å². The molecule has 0 aliphatic heterocycles. The highest BCUT2D eigenvalue weighted by atomic mass is 32.1. The molecule has 0 aromatic heterocycles. The van der Waals surface area contributed by atoms with Crippen LogP contribution in [0, 0.1) is 6.92 Å². The second-order valence-corrected chi connectivity index (χ2v) is 3.33. The Labute approximate surface area is 79.0 Å². The minimum Gasteiger partial charge on any atom is -0.143 e. The van der Waals surface area contributed by atoms with Crippen LogP contribution in [-0.4, -0.2) is 0 Å². The van der Waals surface area contributed by atoms with Crippen LogP contribution in [-0.2, 0) is 0 Å². The normalized spacial score (nSPS) is 9.50. The summed E-state index contributed by atoms with van der Waals surface area (Å²) in [5, 5.41) is 0. The van der Waals surface area contributed by atoms with Crippen LogP contribution < -0.4 is 0 Å². The number of thiol groups is 1. The number of aryl methyl sites for hydroxylation is 1. The van der Waals surface area contributed by atoms with Gasteiger partial charge < -0.3 is 0 Å². The van der Waals surface area contributed by atoms with E-state index in [9.17, 15) is 0 Å². The predicted molar refractivity (Wildman–Crippen MR) is 58.3 cm³/mol. The first kappa shape index (κ1) is 9.14. The third-order valence-corrected chi connectivity index (χ3v) is 1.98. The molecule has 0 aliphatic carbocycles. The third kappa shape index (κ3) is 2.02. The van der Waals surface area contributed by atoms with Gasteiger partial charge in [-0.05, 0) is 18.1 Å². The molecule has 0 saturated carbocycles. The van der Waals surface area contributed by atoms with Gasteiger partial charge >= 0.3 is 0 Å². The number of rotatable bonds is 2. The molecule has 0 nitrogen and oxygen atoms in total. The van der Waals surface area contributed by atoms with Crippen molar-refractivity contribution in [2.75, 3.05) is 0 Å². The molecular formula is C11H12S. The molecule has 0 amide bonds. The molecule has 0 radical (unpaired) electrons. The maximum Gasteiger partial charge on any atom is 0.00406 e. The lowest BCUT2D eigenvalue weighted by atomic mass is 10.1. The van der Waals surface area contributed by atoms with Crippen LogP contribution in [0.5, 0.6) is 0 Å². The van der Waals surface area contributed by atoms with Gasteiger partial charge in [-0.25, -0.2) is 0 Å². The van der Waals surface area contributed by atoms with E-state index in [2.05, 4.69) is 44.8 Å². The van der Waals surface area contributed by atoms with Crippen LogP contribution in [0.4, 0.5) is 0 Å². The second kappa shape index (κ2) is 3.63. The molecule has 1 heteroatoms. The van der Waals surface area contributed by atoms with Crippen LogP contribution in [0.25, 0.3) is 5.57 Å². The van der Waals surface area contributed by atoms with Crippen molar-refractivity contribution in [2.45, 2.75) is 6.92 Å². The van der Waals surface area contributed by atoms with Crippen LogP contribution >= 0.6 is 12.6 Å². The molecule has 1 rings (SSSR count). The molecule has 62 valence electrons. The van der Waals surface area contributed by atoms with E-state index >= 15 is 0 Å². The van der Waals surface area contributed by atoms with E-state index in [1.807, 2.05) is 12.1 Å². The Morgan fingerprint density at radius 2 is 2.00 bits per heavy atom. The van der Waals surface area contributed by atoms with Crippen molar-refractivity contribution < 1.29 is 0 Å². The molecule has 1 aromatic rings. The summed E-state index contributed by atoms with van der Waals surface area (Å²) in [4.78, 5) is 0.723. The highest BCUT2D eigenvalue weighted by Crippen LogP contribution is 2.22. The SMILES string of the molecule is C=C(S)C(=C)c1cccc(C)c1. The number of allylic oxidation sites excluding steroid dienone is 1. The first-order valence-corrected chi connectivity index (χ1v) is 4.20. The molecule has 0 saturated heterocycles. The summed E-state index contributed by atoms with van der Waals surface area (Å²) in [7, 11) is 0. The first-order valence-electron chi connectivity index (χ1n) is 3.75. The highest BCUT2D eigenvalue weighted by Gasteiger charge is 1.98. The van der Waals surface area contributed by atoms with E-state index in [1.54, 1.807) is 0 Å². The fraction of sp³-hybridized carbons (Fsp3) is 0.0909. The van der Waals surface area contributed by atoms with Gasteiger partial charge in [-0.15, -0.1) is 12.6 Å². The zero-order valence-corrected chi connectivity index (χ0v) is 8.07. The number of hydrogen-bond donors (Lipinski definition) is 1. The van der Waals surface area contributed by atoms with Crippen LogP contribution in [0.2, 0.25) is 0 Å². The van der Waals surface area contributed by atoms with Crippen molar-refractivity contribution in [3.05, 3.63) is 53.5 Å². The summed E-state index contributed by atoms with van der Waals surface area (Å²) >= 11 is 4.14. The molecule has 12 heavy (non-hydrogen) atoms. The molecule has 0 aliphatic rings. The molecule has 0 N–H and O–H groups in total. The van der Waals surface area contributed by atoms with E-state index in [4.69, 9.17) is 0 Å². The van der Waals surface area contributed by atoms with Crippen molar-refractivity contribution in [1.82, 2.24) is 0 Å². The van der Waals surface area contributed by atoms with Gasteiger partial charge in [0, 0.05) is 4.91 Å². The van der Waals surface area contributed by atoms with Gasteiger partial charge in [0.25, 0.3) is 0 Å². The zero-order chi connectivity index (χ0) is 9.14. The van der Waals surface area contributed by atoms with E-state index < -0.39 is 0 Å². The summed E-state index contributed by atoms with van der Waals surface area (Å²) in [5.41, 5.74) is 3.21. The van der Waals surface area contributed by atoms with Gasteiger partial charge in [-0.1, -0.05) is 43.0 Å². The lowest BCUT2D eigenvalue weighted by Gasteiger charge is -2.04. The Balaban J connectivity index is 3.04. The third-order valence-electron chi connectivity index (χ3n) is 1.71. The zero-order valence-electron chi connectivity index (χ0n) is 7.17. The van der Waals surface area contributed by atoms with Crippen LogP contribution in [0.15, 0.2) is 42.3 Å². The topological polar surface area (TPSA) is 0 Å². The summed E-state index contributed by atoms with van der Waals surface area (Å²) in [6, 6.07) is 8.14. The lowest BCUT2D eigenvalue weighted by Crippen LogP contribution is -1.82. The highest BCUT2D eigenvalue weighted by molar-refractivity contribution is 7.85. The summed E-state index contributed by atoms with van der Waals surface area (Å²) in [6.07, 6.45) is 0. The monoisotopic (exact) mass is 176 g/mol. The lowest BCUT2D eigenvalue weighted by molar-refractivity contribution is 1.45. The van der Waals surface area contributed by atoms with Gasteiger partial charge in [-0.3, -0.25) is 0 Å². The summed E-state index contributed by atoms with van der Waals surface area (Å²) in [6.45, 7) is 9.67. The molecule has 0 unspecified atom stereocenters. The quantitative estimate of drug-likeness (QED) is 0.518. The summed E-state index contributed by atoms with van der Waals surface area (Å²) < 4.78 is 0. The van der Waals surface area contributed by atoms with Crippen molar-refractivity contribution in [1.29, 1.82) is 0 Å². The van der Waals surface area contributed by atoms with E-state index in [-0.39, 0.29) is 0 Å². The van der Waals surface area contributed by atoms with Crippen molar-refractivity contribution >= 4 is 18.2 Å². The van der Waals surface area contributed by atoms with Crippen LogP contribution in [0.3, 0.4) is 0 Å².